The molecule has 0 saturated carbocycles. The number of benzene rings is 2. The fraction of sp³-hybridized carbons (Fsp3) is 0.548. The fourth-order valence-electron chi connectivity index (χ4n) is 6.84. The van der Waals surface area contributed by atoms with Crippen LogP contribution in [0, 0.1) is 5.92 Å². The lowest BCUT2D eigenvalue weighted by atomic mass is 9.86. The highest BCUT2D eigenvalue weighted by Crippen LogP contribution is 2.48. The van der Waals surface area contributed by atoms with Crippen LogP contribution < -0.4 is 19.6 Å². The van der Waals surface area contributed by atoms with Gasteiger partial charge in [-0.05, 0) is 43.2 Å². The summed E-state index contributed by atoms with van der Waals surface area (Å²) in [6.45, 7) is 8.26. The number of carbonyl (C=O) groups is 2. The maximum absolute atomic E-state index is 13.9. The van der Waals surface area contributed by atoms with E-state index >= 15 is 0 Å². The van der Waals surface area contributed by atoms with E-state index in [0.717, 1.165) is 29.8 Å². The van der Waals surface area contributed by atoms with Crippen LogP contribution in [0.2, 0.25) is 18.6 Å². The predicted octanol–water partition coefficient (Wildman–Crippen LogP) is 4.10. The minimum Gasteiger partial charge on any atom is -0.497 e. The molecule has 2 fully saturated rings. The minimum atomic E-state index is -2.34. The van der Waals surface area contributed by atoms with Crippen LogP contribution >= 0.6 is 0 Å². The Hall–Kier alpha value is -3.08. The van der Waals surface area contributed by atoms with Crippen LogP contribution in [0.3, 0.4) is 0 Å². The first kappa shape index (κ1) is 29.4. The second-order valence-electron chi connectivity index (χ2n) is 11.9. The number of likely N-dealkylation sites (tertiary alicyclic amines) is 1. The Kier molecular flexibility index (Phi) is 8.63. The highest BCUT2D eigenvalue weighted by atomic mass is 28.3. The average molecular weight is 583 g/mol. The SMILES string of the molecule is COc1ccc([Si](C)(C)C(CC(=O)N2CCC[C@H]2CO)[C@@H]2Oc3ccc(N4CCOC4=O)cc3[C@H](OC)[C@H]2C)cc1. The van der Waals surface area contributed by atoms with E-state index in [4.69, 9.17) is 18.9 Å². The molecular formula is C31H42N2O7Si. The molecule has 10 heteroatoms. The van der Waals surface area contributed by atoms with Gasteiger partial charge >= 0.3 is 6.09 Å². The van der Waals surface area contributed by atoms with Gasteiger partial charge in [0.25, 0.3) is 0 Å². The number of ether oxygens (including phenoxy) is 4. The number of aliphatic hydroxyl groups is 1. The standard InChI is InChI=1S/C31H42N2O7Si/c1-20-29(38-3)25-17-21(33-15-16-39-31(33)36)8-13-26(25)40-30(20)27(18-28(35)32-14-6-7-22(32)19-34)41(4,5)24-11-9-23(37-2)10-12-24/h8-13,17,20,22,27,29-30,34H,6-7,14-16,18-19H2,1-5H3/t20-,22+,27?,29-,30-/m1/s1. The summed E-state index contributed by atoms with van der Waals surface area (Å²) in [4.78, 5) is 29.6. The largest absolute Gasteiger partial charge is 0.497 e. The van der Waals surface area contributed by atoms with E-state index in [1.807, 2.05) is 35.2 Å². The van der Waals surface area contributed by atoms with E-state index in [9.17, 15) is 14.7 Å². The Morgan fingerprint density at radius 1 is 1.15 bits per heavy atom. The van der Waals surface area contributed by atoms with Crippen molar-refractivity contribution in [2.75, 3.05) is 45.4 Å². The van der Waals surface area contributed by atoms with Gasteiger partial charge in [0, 0.05) is 42.8 Å². The molecule has 0 bridgehead atoms. The van der Waals surface area contributed by atoms with E-state index in [0.29, 0.717) is 31.9 Å². The van der Waals surface area contributed by atoms with Gasteiger partial charge in [-0.15, -0.1) is 0 Å². The summed E-state index contributed by atoms with van der Waals surface area (Å²) in [7, 11) is 1.02. The molecule has 2 amide bonds. The highest BCUT2D eigenvalue weighted by molar-refractivity contribution is 6.91. The van der Waals surface area contributed by atoms with Gasteiger partial charge < -0.3 is 29.0 Å². The van der Waals surface area contributed by atoms with Crippen LogP contribution in [0.1, 0.15) is 37.9 Å². The van der Waals surface area contributed by atoms with Gasteiger partial charge in [0.05, 0.1) is 40.5 Å². The van der Waals surface area contributed by atoms with Gasteiger partial charge in [0.15, 0.2) is 0 Å². The summed E-state index contributed by atoms with van der Waals surface area (Å²) in [5, 5.41) is 11.1. The number of methoxy groups -OCH3 is 2. The van der Waals surface area contributed by atoms with Crippen molar-refractivity contribution in [3.8, 4) is 11.5 Å². The average Bonchev–Trinajstić information content (AvgIpc) is 3.64. The van der Waals surface area contributed by atoms with Crippen LogP contribution in [0.25, 0.3) is 0 Å². The summed E-state index contributed by atoms with van der Waals surface area (Å²) in [6, 6.07) is 13.8. The Morgan fingerprint density at radius 3 is 2.54 bits per heavy atom. The molecule has 9 nitrogen and oxygen atoms in total. The zero-order valence-electron chi connectivity index (χ0n) is 24.7. The molecule has 5 rings (SSSR count). The number of nitrogens with zero attached hydrogens (tertiary/aromatic N) is 2. The van der Waals surface area contributed by atoms with Crippen LogP contribution in [-0.2, 0) is 14.3 Å². The molecule has 0 spiro atoms. The Labute approximate surface area is 243 Å². The molecule has 222 valence electrons. The normalized spacial score (nSPS) is 25.0. The fourth-order valence-corrected chi connectivity index (χ4v) is 10.2. The second kappa shape index (κ2) is 12.0. The monoisotopic (exact) mass is 582 g/mol. The van der Waals surface area contributed by atoms with Crippen molar-refractivity contribution >= 4 is 30.9 Å². The number of amides is 2. The first-order valence-corrected chi connectivity index (χ1v) is 17.6. The Bertz CT molecular complexity index is 1250. The number of carbonyl (C=O) groups excluding carboxylic acids is 2. The Balaban J connectivity index is 1.51. The summed E-state index contributed by atoms with van der Waals surface area (Å²) in [5.41, 5.74) is 1.58. The lowest BCUT2D eigenvalue weighted by Gasteiger charge is -2.46. The molecule has 1 N–H and O–H groups in total. The van der Waals surface area contributed by atoms with Gasteiger partial charge in [-0.2, -0.15) is 0 Å². The first-order chi connectivity index (χ1) is 19.7. The molecule has 1 unspecified atom stereocenters. The lowest BCUT2D eigenvalue weighted by molar-refractivity contribution is -0.133. The van der Waals surface area contributed by atoms with Crippen LogP contribution in [0.15, 0.2) is 42.5 Å². The van der Waals surface area contributed by atoms with E-state index in [1.165, 1.54) is 5.19 Å². The predicted molar refractivity (Wildman–Crippen MR) is 159 cm³/mol. The highest BCUT2D eigenvalue weighted by Gasteiger charge is 2.49. The molecular weight excluding hydrogens is 540 g/mol. The zero-order valence-corrected chi connectivity index (χ0v) is 25.7. The van der Waals surface area contributed by atoms with E-state index in [2.05, 4.69) is 32.2 Å². The maximum Gasteiger partial charge on any atom is 0.414 e. The van der Waals surface area contributed by atoms with Crippen LogP contribution in [0.4, 0.5) is 10.5 Å². The summed E-state index contributed by atoms with van der Waals surface area (Å²) >= 11 is 0. The lowest BCUT2D eigenvalue weighted by Crippen LogP contribution is -2.55. The van der Waals surface area contributed by atoms with Gasteiger partial charge in [0.2, 0.25) is 5.91 Å². The molecule has 3 aliphatic rings. The Morgan fingerprint density at radius 2 is 1.90 bits per heavy atom. The van der Waals surface area contributed by atoms with Gasteiger partial charge in [-0.1, -0.05) is 37.3 Å². The smallest absolute Gasteiger partial charge is 0.414 e. The second-order valence-corrected chi connectivity index (χ2v) is 16.7. The summed E-state index contributed by atoms with van der Waals surface area (Å²) < 4.78 is 23.5. The number of fused-ring (bicyclic) bond motifs is 1. The molecule has 2 saturated heterocycles. The van der Waals surface area contributed by atoms with E-state index < -0.39 is 8.07 Å². The quantitative estimate of drug-likeness (QED) is 0.445. The molecule has 2 aromatic rings. The van der Waals surface area contributed by atoms with Gasteiger partial charge in [-0.3, -0.25) is 9.69 Å². The molecule has 3 aliphatic heterocycles. The van der Waals surface area contributed by atoms with Crippen molar-refractivity contribution in [3.05, 3.63) is 48.0 Å². The third-order valence-corrected chi connectivity index (χ3v) is 13.6. The molecule has 3 heterocycles. The molecule has 0 radical (unpaired) electrons. The van der Waals surface area contributed by atoms with Crippen molar-refractivity contribution < 1.29 is 33.6 Å². The van der Waals surface area contributed by atoms with Crippen LogP contribution in [-0.4, -0.2) is 82.7 Å². The number of hydrogen-bond donors (Lipinski definition) is 1. The van der Waals surface area contributed by atoms with Gasteiger partial charge in [0.1, 0.15) is 24.2 Å². The van der Waals surface area contributed by atoms with E-state index in [-0.39, 0.29) is 48.3 Å². The molecule has 5 atom stereocenters. The van der Waals surface area contributed by atoms with Crippen molar-refractivity contribution in [1.82, 2.24) is 4.90 Å². The topological polar surface area (TPSA) is 97.8 Å². The number of cyclic esters (lactones) is 1. The number of anilines is 1. The maximum atomic E-state index is 13.9. The van der Waals surface area contributed by atoms with Crippen molar-refractivity contribution in [3.63, 3.8) is 0 Å². The van der Waals surface area contributed by atoms with Crippen molar-refractivity contribution in [2.24, 2.45) is 5.92 Å². The summed E-state index contributed by atoms with van der Waals surface area (Å²) in [6.07, 6.45) is 1.16. The third-order valence-electron chi connectivity index (χ3n) is 9.35. The first-order valence-electron chi connectivity index (χ1n) is 14.5. The molecule has 0 aromatic heterocycles. The minimum absolute atomic E-state index is 0.0158. The van der Waals surface area contributed by atoms with Crippen molar-refractivity contribution in [1.29, 1.82) is 0 Å². The molecule has 41 heavy (non-hydrogen) atoms. The van der Waals surface area contributed by atoms with Gasteiger partial charge in [-0.25, -0.2) is 4.79 Å². The number of rotatable bonds is 9. The number of aliphatic hydroxyl groups excluding tert-OH is 1. The number of hydrogen-bond acceptors (Lipinski definition) is 7. The van der Waals surface area contributed by atoms with E-state index in [1.54, 1.807) is 19.1 Å². The van der Waals surface area contributed by atoms with Crippen LogP contribution in [0.5, 0.6) is 11.5 Å². The zero-order chi connectivity index (χ0) is 29.3. The molecule has 2 aromatic carbocycles. The summed E-state index contributed by atoms with van der Waals surface area (Å²) in [5.74, 6) is 1.51. The third kappa shape index (κ3) is 5.57. The molecule has 0 aliphatic carbocycles. The van der Waals surface area contributed by atoms with Crippen molar-refractivity contribution in [2.45, 2.75) is 63.1 Å².